The van der Waals surface area contributed by atoms with Crippen LogP contribution in [0.5, 0.6) is 0 Å². The van der Waals surface area contributed by atoms with Gasteiger partial charge in [0.1, 0.15) is 23.9 Å². The van der Waals surface area contributed by atoms with Crippen molar-refractivity contribution in [3.63, 3.8) is 0 Å². The van der Waals surface area contributed by atoms with Gasteiger partial charge in [-0.3, -0.25) is 19.2 Å². The topological polar surface area (TPSA) is 210 Å². The van der Waals surface area contributed by atoms with E-state index in [-0.39, 0.29) is 35.3 Å². The second-order valence-electron chi connectivity index (χ2n) is 18.4. The Morgan fingerprint density at radius 2 is 1.47 bits per heavy atom. The first kappa shape index (κ1) is 48.3. The van der Waals surface area contributed by atoms with Gasteiger partial charge in [0, 0.05) is 37.7 Å². The van der Waals surface area contributed by atoms with E-state index >= 15 is 4.79 Å². The number of aliphatic hydroxyl groups excluding tert-OH is 1. The standard InChI is InChI=1S/C50H57BNO14/c1-8-24-51-66-35-25-36-49(27-61-36,65-30(4)54)41-43(64-45(58)33-22-16-11-17-23-33)50(60)26-34(28(2)37(47(50,5)6)40(62-29(3)53)42(56)48(35,41)7)63-46(59)39(55)38(31-18-12-9-13-19-31)52-44(57)32-20-14-10-15-21-32/h9-23,34-36,38-41,43,55,60H,8,24-27H2,1-7H3,(H,52,57)/t34?,35-,36+,38-,39+,40+,41-,43-,48+,49-,50+/m0/s1. The summed E-state index contributed by atoms with van der Waals surface area (Å²) in [7, 11) is 1.57. The molecule has 1 saturated heterocycles. The summed E-state index contributed by atoms with van der Waals surface area (Å²) in [4.78, 5) is 84.9. The van der Waals surface area contributed by atoms with Crippen LogP contribution in [-0.2, 0) is 47.5 Å². The van der Waals surface area contributed by atoms with Gasteiger partial charge in [0.2, 0.25) is 0 Å². The van der Waals surface area contributed by atoms with Crippen LogP contribution in [0.3, 0.4) is 0 Å². The van der Waals surface area contributed by atoms with Crippen LogP contribution in [0.15, 0.2) is 102 Å². The molecule has 11 atom stereocenters. The van der Waals surface area contributed by atoms with Gasteiger partial charge in [0.15, 0.2) is 23.6 Å². The molecule has 15 nitrogen and oxygen atoms in total. The Hall–Kier alpha value is -5.68. The molecule has 7 rings (SSSR count). The van der Waals surface area contributed by atoms with E-state index < -0.39 is 113 Å². The van der Waals surface area contributed by atoms with Crippen LogP contribution in [0.25, 0.3) is 0 Å². The van der Waals surface area contributed by atoms with E-state index in [9.17, 15) is 34.2 Å². The maximum atomic E-state index is 16.0. The lowest BCUT2D eigenvalue weighted by Crippen LogP contribution is -2.82. The van der Waals surface area contributed by atoms with Crippen LogP contribution >= 0.6 is 0 Å². The number of hydrogen-bond acceptors (Lipinski definition) is 14. The minimum absolute atomic E-state index is 0.0275. The van der Waals surface area contributed by atoms with Gasteiger partial charge in [0.05, 0.1) is 35.6 Å². The number of ether oxygens (including phenoxy) is 5. The number of fused-ring (bicyclic) bond motifs is 5. The van der Waals surface area contributed by atoms with Crippen molar-refractivity contribution in [2.45, 2.75) is 128 Å². The van der Waals surface area contributed by atoms with Crippen LogP contribution in [0.4, 0.5) is 0 Å². The molecular weight excluding hydrogens is 849 g/mol. The summed E-state index contributed by atoms with van der Waals surface area (Å²) < 4.78 is 37.5. The number of Topliss-reactive ketones (excluding diaryl/α,β-unsaturated/α-hetero) is 1. The number of hydrogen-bond donors (Lipinski definition) is 3. The number of carbonyl (C=O) groups is 6. The molecule has 2 bridgehead atoms. The van der Waals surface area contributed by atoms with Gasteiger partial charge in [-0.2, -0.15) is 0 Å². The zero-order valence-corrected chi connectivity index (χ0v) is 38.2. The molecule has 3 aliphatic carbocycles. The van der Waals surface area contributed by atoms with E-state index in [1.807, 2.05) is 6.92 Å². The van der Waals surface area contributed by atoms with Gasteiger partial charge < -0.3 is 43.9 Å². The first-order valence-corrected chi connectivity index (χ1v) is 22.3. The first-order chi connectivity index (χ1) is 31.3. The minimum Gasteiger partial charge on any atom is -0.456 e. The van der Waals surface area contributed by atoms with Crippen molar-refractivity contribution in [1.29, 1.82) is 0 Å². The highest BCUT2D eigenvalue weighted by molar-refractivity contribution is 6.27. The van der Waals surface area contributed by atoms with Crippen molar-refractivity contribution in [3.05, 3.63) is 119 Å². The van der Waals surface area contributed by atoms with Gasteiger partial charge in [-0.05, 0) is 54.8 Å². The SMILES string of the molecule is CCC[B]O[C@H]1C[C@H]2OC[C@@]2(OC(C)=O)[C@H]2[C@H](OC(=O)c3ccccc3)[C@]3(O)CC(OC(=O)[C@H](O)[C@@H](NC(=O)c4ccccc4)c4ccccc4)C(C)=C([C@@H](OC(C)=O)C(=O)[C@]12C)C3(C)C. The molecule has 66 heavy (non-hydrogen) atoms. The van der Waals surface area contributed by atoms with Crippen LogP contribution in [0.1, 0.15) is 100 Å². The fraction of sp³-hybridized carbons (Fsp3) is 0.480. The number of benzene rings is 3. The molecule has 349 valence electrons. The van der Waals surface area contributed by atoms with E-state index in [0.29, 0.717) is 18.3 Å². The third kappa shape index (κ3) is 8.48. The lowest BCUT2D eigenvalue weighted by Gasteiger charge is -2.68. The van der Waals surface area contributed by atoms with E-state index in [1.165, 1.54) is 19.1 Å². The Labute approximate surface area is 384 Å². The predicted octanol–water partition coefficient (Wildman–Crippen LogP) is 5.21. The van der Waals surface area contributed by atoms with Crippen molar-refractivity contribution in [2.24, 2.45) is 16.7 Å². The quantitative estimate of drug-likeness (QED) is 0.0624. The second kappa shape index (κ2) is 18.9. The van der Waals surface area contributed by atoms with Gasteiger partial charge in [0.25, 0.3) is 13.4 Å². The molecule has 1 aliphatic heterocycles. The number of aliphatic hydroxyl groups is 2. The first-order valence-electron chi connectivity index (χ1n) is 22.3. The minimum atomic E-state index is -2.35. The van der Waals surface area contributed by atoms with Crippen LogP contribution < -0.4 is 5.32 Å². The fourth-order valence-corrected chi connectivity index (χ4v) is 10.7. The lowest BCUT2D eigenvalue weighted by atomic mass is 9.44. The molecule has 1 unspecified atom stereocenters. The summed E-state index contributed by atoms with van der Waals surface area (Å²) in [6, 6.07) is 23.2. The highest BCUT2D eigenvalue weighted by Gasteiger charge is 2.78. The molecule has 3 fully saturated rings. The Morgan fingerprint density at radius 1 is 0.864 bits per heavy atom. The number of carbonyl (C=O) groups excluding carboxylic acids is 6. The number of amides is 1. The average Bonchev–Trinajstić information content (AvgIpc) is 3.28. The van der Waals surface area contributed by atoms with E-state index in [2.05, 4.69) is 5.32 Å². The number of esters is 4. The monoisotopic (exact) mass is 906 g/mol. The van der Waals surface area contributed by atoms with Crippen molar-refractivity contribution < 1.29 is 67.3 Å². The molecule has 3 aromatic carbocycles. The molecule has 16 heteroatoms. The highest BCUT2D eigenvalue weighted by atomic mass is 16.6. The Morgan fingerprint density at radius 3 is 2.03 bits per heavy atom. The van der Waals surface area contributed by atoms with Crippen molar-refractivity contribution in [3.8, 4) is 0 Å². The molecule has 2 saturated carbocycles. The molecular formula is C50H57BNO14. The van der Waals surface area contributed by atoms with Gasteiger partial charge >= 0.3 is 23.9 Å². The van der Waals surface area contributed by atoms with Crippen LogP contribution in [0.2, 0.25) is 6.32 Å². The Balaban J connectivity index is 1.41. The number of ketones is 1. The molecule has 3 N–H and O–H groups in total. The normalized spacial score (nSPS) is 30.6. The molecule has 4 aliphatic rings. The molecule has 0 spiro atoms. The summed E-state index contributed by atoms with van der Waals surface area (Å²) in [6.45, 7) is 10.4. The maximum Gasteiger partial charge on any atom is 0.338 e. The summed E-state index contributed by atoms with van der Waals surface area (Å²) in [6.07, 6.45) is -8.25. The Bertz CT molecular complexity index is 2360. The molecule has 1 radical (unpaired) electrons. The van der Waals surface area contributed by atoms with Gasteiger partial charge in [-0.1, -0.05) is 100 Å². The van der Waals surface area contributed by atoms with Crippen molar-refractivity contribution in [2.75, 3.05) is 6.61 Å². The van der Waals surface area contributed by atoms with E-state index in [1.54, 1.807) is 114 Å². The summed E-state index contributed by atoms with van der Waals surface area (Å²) in [5, 5.41) is 28.6. The third-order valence-electron chi connectivity index (χ3n) is 14.1. The second-order valence-corrected chi connectivity index (χ2v) is 18.4. The van der Waals surface area contributed by atoms with Crippen LogP contribution in [0, 0.1) is 16.7 Å². The molecule has 1 amide bonds. The Kier molecular flexibility index (Phi) is 13.8. The predicted molar refractivity (Wildman–Crippen MR) is 237 cm³/mol. The van der Waals surface area contributed by atoms with Gasteiger partial charge in [-0.25, -0.2) is 9.59 Å². The largest absolute Gasteiger partial charge is 0.456 e. The number of nitrogens with one attached hydrogen (secondary N) is 1. The summed E-state index contributed by atoms with van der Waals surface area (Å²) in [5.74, 6) is -6.41. The van der Waals surface area contributed by atoms with Crippen molar-refractivity contribution >= 4 is 43.0 Å². The zero-order chi connectivity index (χ0) is 47.8. The third-order valence-corrected chi connectivity index (χ3v) is 14.1. The van der Waals surface area contributed by atoms with Gasteiger partial charge in [-0.15, -0.1) is 0 Å². The van der Waals surface area contributed by atoms with E-state index in [0.717, 1.165) is 6.92 Å². The van der Waals surface area contributed by atoms with Crippen LogP contribution in [-0.4, -0.2) is 108 Å². The summed E-state index contributed by atoms with van der Waals surface area (Å²) >= 11 is 0. The summed E-state index contributed by atoms with van der Waals surface area (Å²) in [5.41, 5.74) is -6.52. The van der Waals surface area contributed by atoms with E-state index in [4.69, 9.17) is 28.3 Å². The molecule has 1 heterocycles. The lowest BCUT2D eigenvalue weighted by molar-refractivity contribution is -0.344. The van der Waals surface area contributed by atoms with Crippen molar-refractivity contribution in [1.82, 2.24) is 5.32 Å². The number of rotatable bonds is 14. The fourth-order valence-electron chi connectivity index (χ4n) is 10.7. The highest BCUT2D eigenvalue weighted by Crippen LogP contribution is 2.65. The zero-order valence-electron chi connectivity index (χ0n) is 38.2. The molecule has 0 aromatic heterocycles. The maximum absolute atomic E-state index is 16.0. The average molecular weight is 907 g/mol. The smallest absolute Gasteiger partial charge is 0.338 e. The molecule has 3 aromatic rings.